The van der Waals surface area contributed by atoms with Crippen LogP contribution in [0.2, 0.25) is 5.02 Å². The third kappa shape index (κ3) is 5.40. The number of rotatable bonds is 5. The van der Waals surface area contributed by atoms with Gasteiger partial charge in [-0.1, -0.05) is 23.7 Å². The van der Waals surface area contributed by atoms with Crippen LogP contribution in [0.3, 0.4) is 0 Å². The molecule has 2 saturated heterocycles. The molecule has 2 fully saturated rings. The molecule has 33 heavy (non-hydrogen) atoms. The van der Waals surface area contributed by atoms with Gasteiger partial charge in [0.1, 0.15) is 0 Å². The summed E-state index contributed by atoms with van der Waals surface area (Å²) in [6.45, 7) is 5.84. The van der Waals surface area contributed by atoms with Crippen LogP contribution < -0.4 is 5.32 Å². The normalized spacial score (nSPS) is 25.1. The van der Waals surface area contributed by atoms with Crippen molar-refractivity contribution < 1.29 is 19.1 Å². The van der Waals surface area contributed by atoms with Gasteiger partial charge >= 0.3 is 0 Å². The molecule has 0 bridgehead atoms. The number of carbonyl (C=O) groups is 2. The first kappa shape index (κ1) is 24.1. The lowest BCUT2D eigenvalue weighted by molar-refractivity contribution is -0.163. The van der Waals surface area contributed by atoms with E-state index in [1.165, 1.54) is 0 Å². The summed E-state index contributed by atoms with van der Waals surface area (Å²) in [4.78, 5) is 32.9. The molecule has 4 rings (SSSR count). The number of aromatic nitrogens is 1. The number of nitrogens with one attached hydrogen (secondary N) is 1. The Morgan fingerprint density at radius 2 is 2.00 bits per heavy atom. The Labute approximate surface area is 206 Å². The highest BCUT2D eigenvalue weighted by atomic mass is 79.9. The summed E-state index contributed by atoms with van der Waals surface area (Å²) in [5, 5.41) is 3.54. The quantitative estimate of drug-likeness (QED) is 0.606. The van der Waals surface area contributed by atoms with Gasteiger partial charge in [-0.25, -0.2) is 0 Å². The average molecular weight is 537 g/mol. The topological polar surface area (TPSA) is 80.8 Å². The van der Waals surface area contributed by atoms with E-state index in [1.807, 2.05) is 43.3 Å². The van der Waals surface area contributed by atoms with E-state index < -0.39 is 23.9 Å². The molecule has 1 aromatic carbocycles. The number of nitrogens with zero attached hydrogens (tertiary/aromatic N) is 2. The number of hydrogen-bond donors (Lipinski definition) is 1. The Bertz CT molecular complexity index is 1030. The predicted octanol–water partition coefficient (Wildman–Crippen LogP) is 4.56. The molecule has 2 aliphatic rings. The van der Waals surface area contributed by atoms with Crippen LogP contribution >= 0.6 is 27.5 Å². The highest BCUT2D eigenvalue weighted by molar-refractivity contribution is 9.10. The van der Waals surface area contributed by atoms with Crippen molar-refractivity contribution in [2.75, 3.05) is 6.54 Å². The van der Waals surface area contributed by atoms with Crippen LogP contribution in [0, 0.1) is 0 Å². The molecule has 7 nitrogen and oxygen atoms in total. The van der Waals surface area contributed by atoms with E-state index in [1.54, 1.807) is 24.9 Å². The van der Waals surface area contributed by atoms with Gasteiger partial charge in [0, 0.05) is 22.2 Å². The minimum atomic E-state index is -1.06. The first-order valence-electron chi connectivity index (χ1n) is 11.0. The smallest absolute Gasteiger partial charge is 0.255 e. The number of hydrogen-bond acceptors (Lipinski definition) is 5. The summed E-state index contributed by atoms with van der Waals surface area (Å²) in [7, 11) is 0. The third-order valence-corrected chi connectivity index (χ3v) is 6.62. The summed E-state index contributed by atoms with van der Waals surface area (Å²) < 4.78 is 12.7. The summed E-state index contributed by atoms with van der Waals surface area (Å²) in [5.41, 5.74) is 1.68. The van der Waals surface area contributed by atoms with E-state index in [0.29, 0.717) is 17.3 Å². The molecule has 1 N–H and O–H groups in total. The molecule has 0 saturated carbocycles. The van der Waals surface area contributed by atoms with Crippen molar-refractivity contribution in [2.45, 2.75) is 63.7 Å². The van der Waals surface area contributed by atoms with Crippen LogP contribution in [-0.2, 0) is 19.1 Å². The van der Waals surface area contributed by atoms with Crippen molar-refractivity contribution in [3.63, 3.8) is 0 Å². The molecule has 4 atom stereocenters. The maximum atomic E-state index is 13.6. The van der Waals surface area contributed by atoms with Gasteiger partial charge in [0.15, 0.2) is 18.0 Å². The summed E-state index contributed by atoms with van der Waals surface area (Å²) in [6, 6.07) is 10.7. The number of ether oxygens (including phenoxy) is 2. The number of pyridine rings is 1. The van der Waals surface area contributed by atoms with Crippen molar-refractivity contribution in [1.82, 2.24) is 15.2 Å². The number of likely N-dealkylation sites (tertiary alicyclic amines) is 1. The van der Waals surface area contributed by atoms with E-state index in [9.17, 15) is 9.59 Å². The molecule has 2 aromatic rings. The molecule has 2 aliphatic heterocycles. The van der Waals surface area contributed by atoms with Gasteiger partial charge in [-0.15, -0.1) is 0 Å². The average Bonchev–Trinajstić information content (AvgIpc) is 3.38. The second-order valence-electron chi connectivity index (χ2n) is 8.85. The van der Waals surface area contributed by atoms with Gasteiger partial charge in [0.2, 0.25) is 0 Å². The fourth-order valence-corrected chi connectivity index (χ4v) is 4.83. The number of amides is 2. The van der Waals surface area contributed by atoms with Crippen LogP contribution in [-0.4, -0.2) is 46.2 Å². The maximum Gasteiger partial charge on any atom is 0.255 e. The lowest BCUT2D eigenvalue weighted by atomic mass is 10.0. The van der Waals surface area contributed by atoms with Crippen molar-refractivity contribution in [1.29, 1.82) is 0 Å². The molecule has 3 heterocycles. The lowest BCUT2D eigenvalue weighted by Gasteiger charge is -2.29. The van der Waals surface area contributed by atoms with Crippen LogP contribution in [0.1, 0.15) is 57.0 Å². The van der Waals surface area contributed by atoms with Crippen LogP contribution in [0.4, 0.5) is 0 Å². The van der Waals surface area contributed by atoms with E-state index >= 15 is 0 Å². The SMILES string of the molecule is CC(NC(=O)[C@@H]1OC(C)(C)O[C@H]1C(=O)N1CCC[C@@H]1c1cccc(Cl)c1)c1ccc(Br)cn1. The summed E-state index contributed by atoms with van der Waals surface area (Å²) in [6.07, 6.45) is 1.26. The molecule has 0 aliphatic carbocycles. The molecular weight excluding hydrogens is 510 g/mol. The van der Waals surface area contributed by atoms with Gasteiger partial charge in [-0.2, -0.15) is 0 Å². The highest BCUT2D eigenvalue weighted by Gasteiger charge is 2.51. The molecule has 176 valence electrons. The molecule has 9 heteroatoms. The molecule has 2 amide bonds. The van der Waals surface area contributed by atoms with E-state index in [0.717, 1.165) is 22.9 Å². The molecule has 1 aromatic heterocycles. The van der Waals surface area contributed by atoms with Gasteiger partial charge in [-0.3, -0.25) is 14.6 Å². The first-order valence-corrected chi connectivity index (χ1v) is 12.1. The van der Waals surface area contributed by atoms with Crippen LogP contribution in [0.5, 0.6) is 0 Å². The van der Waals surface area contributed by atoms with Gasteiger partial charge in [-0.05, 0) is 79.4 Å². The van der Waals surface area contributed by atoms with Gasteiger partial charge in [0.25, 0.3) is 11.8 Å². The minimum Gasteiger partial charge on any atom is -0.346 e. The molecule has 0 spiro atoms. The molecule has 0 radical (unpaired) electrons. The monoisotopic (exact) mass is 535 g/mol. The molecule has 1 unspecified atom stereocenters. The van der Waals surface area contributed by atoms with Crippen LogP contribution in [0.25, 0.3) is 0 Å². The zero-order valence-corrected chi connectivity index (χ0v) is 21.1. The first-order chi connectivity index (χ1) is 15.6. The van der Waals surface area contributed by atoms with Gasteiger partial charge < -0.3 is 19.7 Å². The molecular formula is C24H27BrClN3O4. The Hall–Kier alpha value is -2.00. The number of benzene rings is 1. The van der Waals surface area contributed by atoms with E-state index in [4.69, 9.17) is 21.1 Å². The Morgan fingerprint density at radius 3 is 2.70 bits per heavy atom. The predicted molar refractivity (Wildman–Crippen MR) is 127 cm³/mol. The largest absolute Gasteiger partial charge is 0.346 e. The third-order valence-electron chi connectivity index (χ3n) is 5.92. The summed E-state index contributed by atoms with van der Waals surface area (Å²) >= 11 is 9.54. The highest BCUT2D eigenvalue weighted by Crippen LogP contribution is 2.37. The van der Waals surface area contributed by atoms with Gasteiger partial charge in [0.05, 0.1) is 17.8 Å². The van der Waals surface area contributed by atoms with Crippen molar-refractivity contribution >= 4 is 39.3 Å². The standard InChI is InChI=1S/C24H27BrClN3O4/c1-14(18-10-9-16(25)13-27-18)28-22(30)20-21(33-24(2,3)32-20)23(31)29-11-5-8-19(29)15-6-4-7-17(26)12-15/h4,6-7,9-10,12-14,19-21H,5,8,11H2,1-3H3,(H,28,30)/t14?,19-,20-,21-/m1/s1. The fourth-order valence-electron chi connectivity index (χ4n) is 4.40. The Balaban J connectivity index is 1.51. The van der Waals surface area contributed by atoms with Crippen LogP contribution in [0.15, 0.2) is 47.1 Å². The van der Waals surface area contributed by atoms with E-state index in [-0.39, 0.29) is 18.0 Å². The number of halogens is 2. The summed E-state index contributed by atoms with van der Waals surface area (Å²) in [5.74, 6) is -1.72. The van der Waals surface area contributed by atoms with Crippen molar-refractivity contribution in [2.24, 2.45) is 0 Å². The second kappa shape index (κ2) is 9.70. The second-order valence-corrected chi connectivity index (χ2v) is 10.2. The minimum absolute atomic E-state index is 0.113. The lowest BCUT2D eigenvalue weighted by Crippen LogP contribution is -2.49. The Kier molecular flexibility index (Phi) is 7.09. The fraction of sp³-hybridized carbons (Fsp3) is 0.458. The van der Waals surface area contributed by atoms with Crippen molar-refractivity contribution in [3.05, 3.63) is 63.3 Å². The zero-order chi connectivity index (χ0) is 23.8. The van der Waals surface area contributed by atoms with Crippen molar-refractivity contribution in [3.8, 4) is 0 Å². The number of carbonyl (C=O) groups excluding carboxylic acids is 2. The maximum absolute atomic E-state index is 13.6. The van der Waals surface area contributed by atoms with E-state index in [2.05, 4.69) is 26.2 Å². The zero-order valence-electron chi connectivity index (χ0n) is 18.8. The Morgan fingerprint density at radius 1 is 1.24 bits per heavy atom.